The zero-order chi connectivity index (χ0) is 39.9. The fourth-order valence-corrected chi connectivity index (χ4v) is 8.54. The minimum atomic E-state index is -0.770. The largest absolute Gasteiger partial charge is 0.519 e. The van der Waals surface area contributed by atoms with E-state index in [0.717, 1.165) is 81.1 Å². The molecule has 0 N–H and O–H groups in total. The number of rotatable bonds is 31. The van der Waals surface area contributed by atoms with Gasteiger partial charge in [0.05, 0.1) is 31.9 Å². The number of hydrogen-bond donors (Lipinski definition) is 0. The van der Waals surface area contributed by atoms with Gasteiger partial charge in [0.1, 0.15) is 12.2 Å². The molecular formula is C44H72N3O8S+. The Morgan fingerprint density at radius 1 is 0.821 bits per heavy atom. The second-order valence-corrected chi connectivity index (χ2v) is 17.1. The molecule has 2 aromatic heterocycles. The number of aryl methyl sites for hydroxylation is 1. The zero-order valence-corrected chi connectivity index (χ0v) is 35.8. The lowest BCUT2D eigenvalue weighted by Gasteiger charge is -2.47. The molecule has 1 fully saturated rings. The van der Waals surface area contributed by atoms with Crippen molar-refractivity contribution in [3.63, 3.8) is 0 Å². The number of esters is 2. The minimum Gasteiger partial charge on any atom is -0.475 e. The van der Waals surface area contributed by atoms with E-state index in [0.29, 0.717) is 37.0 Å². The van der Waals surface area contributed by atoms with Crippen molar-refractivity contribution >= 4 is 29.2 Å². The van der Waals surface area contributed by atoms with Gasteiger partial charge in [-0.2, -0.15) is 4.37 Å². The van der Waals surface area contributed by atoms with Gasteiger partial charge in [-0.1, -0.05) is 129 Å². The number of unbranched alkanes of at least 4 members (excludes halogenated alkanes) is 18. The summed E-state index contributed by atoms with van der Waals surface area (Å²) in [7, 11) is 2.26. The van der Waals surface area contributed by atoms with Gasteiger partial charge in [0.25, 0.3) is 5.88 Å². The van der Waals surface area contributed by atoms with Crippen molar-refractivity contribution in [1.29, 1.82) is 0 Å². The molecule has 2 aliphatic rings. The summed E-state index contributed by atoms with van der Waals surface area (Å²) in [6.07, 6.45) is 31.2. The molecule has 0 radical (unpaired) electrons. The molecule has 2 aromatic rings. The molecule has 0 saturated heterocycles. The first-order valence-electron chi connectivity index (χ1n) is 22.2. The van der Waals surface area contributed by atoms with E-state index in [1.807, 2.05) is 0 Å². The van der Waals surface area contributed by atoms with Gasteiger partial charge >= 0.3 is 17.8 Å². The van der Waals surface area contributed by atoms with Crippen LogP contribution in [0.5, 0.6) is 5.88 Å². The van der Waals surface area contributed by atoms with Gasteiger partial charge in [0.15, 0.2) is 18.1 Å². The van der Waals surface area contributed by atoms with Crippen molar-refractivity contribution < 1.29 is 37.1 Å². The van der Waals surface area contributed by atoms with Crippen molar-refractivity contribution in [2.24, 2.45) is 5.92 Å². The highest BCUT2D eigenvalue weighted by molar-refractivity contribution is 6.99. The summed E-state index contributed by atoms with van der Waals surface area (Å²) in [5, 5.41) is 0. The molecule has 1 aliphatic carbocycles. The van der Waals surface area contributed by atoms with Gasteiger partial charge < -0.3 is 23.0 Å². The van der Waals surface area contributed by atoms with Crippen molar-refractivity contribution in [1.82, 2.24) is 8.75 Å². The molecule has 1 aliphatic heterocycles. The summed E-state index contributed by atoms with van der Waals surface area (Å²) < 4.78 is 37.1. The average Bonchev–Trinajstić information content (AvgIpc) is 3.77. The van der Waals surface area contributed by atoms with Crippen LogP contribution in [0.15, 0.2) is 19.7 Å². The van der Waals surface area contributed by atoms with Gasteiger partial charge in [-0.25, -0.2) is 4.79 Å². The van der Waals surface area contributed by atoms with Gasteiger partial charge in [-0.15, -0.1) is 4.37 Å². The van der Waals surface area contributed by atoms with E-state index in [9.17, 15) is 14.4 Å². The number of quaternary nitrogens is 1. The Morgan fingerprint density at radius 2 is 1.41 bits per heavy atom. The first-order valence-corrected chi connectivity index (χ1v) is 23.0. The number of hydrogen-bond acceptors (Lipinski definition) is 11. The number of carbonyl (C=O) groups excluding carboxylic acids is 2. The minimum absolute atomic E-state index is 0.0299. The molecule has 316 valence electrons. The predicted molar refractivity (Wildman–Crippen MR) is 220 cm³/mol. The maximum atomic E-state index is 13.2. The maximum Gasteiger partial charge on any atom is 0.519 e. The Bertz CT molecular complexity index is 1500. The van der Waals surface area contributed by atoms with Crippen molar-refractivity contribution in [2.75, 3.05) is 26.7 Å². The van der Waals surface area contributed by atoms with E-state index in [-0.39, 0.29) is 30.5 Å². The van der Waals surface area contributed by atoms with Crippen LogP contribution in [0.25, 0.3) is 5.57 Å². The Balaban J connectivity index is 0.968. The maximum absolute atomic E-state index is 13.2. The monoisotopic (exact) mass is 803 g/mol. The molecule has 3 heterocycles. The van der Waals surface area contributed by atoms with Crippen LogP contribution in [0, 0.1) is 12.8 Å². The van der Waals surface area contributed by atoms with E-state index >= 15 is 0 Å². The summed E-state index contributed by atoms with van der Waals surface area (Å²) in [6.45, 7) is 6.20. The third kappa shape index (κ3) is 16.5. The predicted octanol–water partition coefficient (Wildman–Crippen LogP) is 11.0. The smallest absolute Gasteiger partial charge is 0.475 e. The SMILES string of the molecule is CCCCCCOc1nsnc1C1=CCC[N+](C)(C(OC(=O)CCCCCCCCCCCCCCCCCCC(=O)OCc2oc(=O)oc2C)C2CCC2)C1. The molecule has 56 heavy (non-hydrogen) atoms. The van der Waals surface area contributed by atoms with Crippen LogP contribution < -0.4 is 10.6 Å². The lowest BCUT2D eigenvalue weighted by molar-refractivity contribution is -0.951. The lowest BCUT2D eigenvalue weighted by Crippen LogP contribution is -2.60. The van der Waals surface area contributed by atoms with Crippen molar-refractivity contribution in [2.45, 2.75) is 194 Å². The van der Waals surface area contributed by atoms with Crippen LogP contribution in [-0.2, 0) is 25.7 Å². The summed E-state index contributed by atoms with van der Waals surface area (Å²) in [5.74, 6) is 0.654. The van der Waals surface area contributed by atoms with Crippen LogP contribution in [0.1, 0.15) is 191 Å². The van der Waals surface area contributed by atoms with Gasteiger partial charge in [0, 0.05) is 30.8 Å². The summed E-state index contributed by atoms with van der Waals surface area (Å²) in [6, 6.07) is 0. The second-order valence-electron chi connectivity index (χ2n) is 16.5. The molecule has 12 heteroatoms. The lowest BCUT2D eigenvalue weighted by atomic mass is 9.82. The van der Waals surface area contributed by atoms with Gasteiger partial charge in [-0.05, 0) is 39.0 Å². The third-order valence-electron chi connectivity index (χ3n) is 11.7. The normalized spacial score (nSPS) is 17.7. The number of aromatic nitrogens is 2. The molecule has 11 nitrogen and oxygen atoms in total. The Labute approximate surface area is 340 Å². The molecular weight excluding hydrogens is 731 g/mol. The summed E-state index contributed by atoms with van der Waals surface area (Å²) >= 11 is 1.22. The summed E-state index contributed by atoms with van der Waals surface area (Å²) in [4.78, 5) is 36.1. The molecule has 1 saturated carbocycles. The van der Waals surface area contributed by atoms with Crippen LogP contribution in [0.2, 0.25) is 0 Å². The highest BCUT2D eigenvalue weighted by atomic mass is 32.1. The highest BCUT2D eigenvalue weighted by Gasteiger charge is 2.46. The van der Waals surface area contributed by atoms with E-state index in [4.69, 9.17) is 23.0 Å². The first kappa shape index (κ1) is 45.7. The molecule has 0 aromatic carbocycles. The van der Waals surface area contributed by atoms with E-state index in [1.54, 1.807) is 6.92 Å². The Hall–Kier alpha value is -2.99. The van der Waals surface area contributed by atoms with E-state index in [2.05, 4.69) is 28.8 Å². The van der Waals surface area contributed by atoms with Gasteiger partial charge in [0.2, 0.25) is 6.23 Å². The third-order valence-corrected chi connectivity index (χ3v) is 12.2. The number of likely N-dealkylation sites (N-methyl/N-ethyl adjacent to an activating group) is 1. The van der Waals surface area contributed by atoms with Crippen molar-refractivity contribution in [3.8, 4) is 5.88 Å². The molecule has 0 amide bonds. The number of carbonyl (C=O) groups is 2. The van der Waals surface area contributed by atoms with Crippen LogP contribution >= 0.6 is 11.7 Å². The fourth-order valence-electron chi connectivity index (χ4n) is 8.01. The number of ether oxygens (including phenoxy) is 3. The highest BCUT2D eigenvalue weighted by Crippen LogP contribution is 2.39. The molecule has 4 rings (SSSR count). The molecule has 0 spiro atoms. The second kappa shape index (κ2) is 26.1. The van der Waals surface area contributed by atoms with Crippen LogP contribution in [0.4, 0.5) is 0 Å². The van der Waals surface area contributed by atoms with Crippen LogP contribution in [-0.4, -0.2) is 58.1 Å². The van der Waals surface area contributed by atoms with Crippen molar-refractivity contribution in [3.05, 3.63) is 33.9 Å². The van der Waals surface area contributed by atoms with E-state index < -0.39 is 5.82 Å². The van der Waals surface area contributed by atoms with Gasteiger partial charge in [-0.3, -0.25) is 14.1 Å². The topological polar surface area (TPSA) is 131 Å². The molecule has 2 atom stereocenters. The van der Waals surface area contributed by atoms with E-state index in [1.165, 1.54) is 114 Å². The molecule has 2 unspecified atom stereocenters. The fraction of sp³-hybridized carbons (Fsp3) is 0.795. The van der Waals surface area contributed by atoms with Crippen LogP contribution in [0.3, 0.4) is 0 Å². The quantitative estimate of drug-likeness (QED) is 0.0412. The Morgan fingerprint density at radius 3 is 1.96 bits per heavy atom. The summed E-state index contributed by atoms with van der Waals surface area (Å²) in [5.41, 5.74) is 2.05. The number of nitrogens with zero attached hydrogens (tertiary/aromatic N) is 3. The standard InChI is InChI=1S/C44H72N3O8S/c1-4-5-6-23-32-51-42-41(45-56-46-42)37-28-25-31-47(3,33-37)43(36-26-24-27-36)55-40(49)30-22-20-18-16-14-12-10-8-7-9-11-13-15-17-19-21-29-39(48)52-34-38-35(2)53-44(50)54-38/h28,36,43H,4-27,29-34H2,1-3H3/q+1. The molecule has 0 bridgehead atoms. The average molecular weight is 803 g/mol. The Kier molecular flexibility index (Phi) is 21.3. The zero-order valence-electron chi connectivity index (χ0n) is 35.0. The first-order chi connectivity index (χ1) is 27.3.